The zero-order valence-corrected chi connectivity index (χ0v) is 16.5. The van der Waals surface area contributed by atoms with Crippen LogP contribution < -0.4 is 15.4 Å². The van der Waals surface area contributed by atoms with Crippen LogP contribution in [0.2, 0.25) is 0 Å². The SMILES string of the molecule is CCNC(=NCCc1nc(C(C)C)no1)NC(C)c1ccc(OC)c(F)c1. The van der Waals surface area contributed by atoms with Gasteiger partial charge in [0.25, 0.3) is 0 Å². The van der Waals surface area contributed by atoms with E-state index in [0.29, 0.717) is 37.2 Å². The highest BCUT2D eigenvalue weighted by Gasteiger charge is 2.12. The van der Waals surface area contributed by atoms with Crippen LogP contribution in [0.25, 0.3) is 0 Å². The number of halogens is 1. The predicted octanol–water partition coefficient (Wildman–Crippen LogP) is 3.20. The van der Waals surface area contributed by atoms with Crippen LogP contribution in [0.3, 0.4) is 0 Å². The van der Waals surface area contributed by atoms with Gasteiger partial charge in [0.1, 0.15) is 0 Å². The molecule has 8 heteroatoms. The smallest absolute Gasteiger partial charge is 0.228 e. The first-order chi connectivity index (χ1) is 12.9. The van der Waals surface area contributed by atoms with Crippen LogP contribution in [0.4, 0.5) is 4.39 Å². The molecule has 1 atom stereocenters. The molecule has 0 saturated heterocycles. The fraction of sp³-hybridized carbons (Fsp3) is 0.526. The normalized spacial score (nSPS) is 12.9. The van der Waals surface area contributed by atoms with E-state index in [0.717, 1.165) is 5.56 Å². The Balaban J connectivity index is 1.98. The molecule has 2 rings (SSSR count). The Bertz CT molecular complexity index is 760. The molecule has 0 fully saturated rings. The highest BCUT2D eigenvalue weighted by atomic mass is 19.1. The van der Waals surface area contributed by atoms with Crippen molar-refractivity contribution in [2.75, 3.05) is 20.2 Å². The Hall–Kier alpha value is -2.64. The van der Waals surface area contributed by atoms with E-state index in [2.05, 4.69) is 25.8 Å². The molecule has 0 spiro atoms. The third-order valence-electron chi connectivity index (χ3n) is 3.97. The first-order valence-corrected chi connectivity index (χ1v) is 9.15. The van der Waals surface area contributed by atoms with Crippen LogP contribution in [-0.2, 0) is 6.42 Å². The Kier molecular flexibility index (Phi) is 7.57. The largest absolute Gasteiger partial charge is 0.494 e. The van der Waals surface area contributed by atoms with E-state index in [9.17, 15) is 4.39 Å². The second kappa shape index (κ2) is 9.89. The number of aromatic nitrogens is 2. The number of guanidine groups is 1. The predicted molar refractivity (Wildman–Crippen MR) is 103 cm³/mol. The van der Waals surface area contributed by atoms with Crippen LogP contribution in [0.15, 0.2) is 27.7 Å². The van der Waals surface area contributed by atoms with E-state index in [4.69, 9.17) is 9.26 Å². The number of hydrogen-bond acceptors (Lipinski definition) is 5. The van der Waals surface area contributed by atoms with Crippen molar-refractivity contribution < 1.29 is 13.7 Å². The highest BCUT2D eigenvalue weighted by Crippen LogP contribution is 2.21. The van der Waals surface area contributed by atoms with E-state index < -0.39 is 0 Å². The van der Waals surface area contributed by atoms with Crippen LogP contribution in [0.1, 0.15) is 56.9 Å². The fourth-order valence-corrected chi connectivity index (χ4v) is 2.43. The molecule has 2 N–H and O–H groups in total. The van der Waals surface area contributed by atoms with Crippen molar-refractivity contribution in [1.29, 1.82) is 0 Å². The monoisotopic (exact) mass is 377 g/mol. The zero-order valence-electron chi connectivity index (χ0n) is 16.5. The summed E-state index contributed by atoms with van der Waals surface area (Å²) in [6.45, 7) is 9.18. The van der Waals surface area contributed by atoms with Gasteiger partial charge in [-0.05, 0) is 31.5 Å². The Morgan fingerprint density at radius 3 is 2.70 bits per heavy atom. The Labute approximate surface area is 159 Å². The molecule has 0 bridgehead atoms. The molecular formula is C19H28FN5O2. The number of ether oxygens (including phenoxy) is 1. The summed E-state index contributed by atoms with van der Waals surface area (Å²) in [5, 5.41) is 10.4. The molecule has 148 valence electrons. The van der Waals surface area contributed by atoms with Crippen LogP contribution in [0, 0.1) is 5.82 Å². The van der Waals surface area contributed by atoms with Gasteiger partial charge in [0.05, 0.1) is 19.7 Å². The Morgan fingerprint density at radius 1 is 1.33 bits per heavy atom. The third kappa shape index (κ3) is 5.94. The van der Waals surface area contributed by atoms with Gasteiger partial charge in [0, 0.05) is 18.9 Å². The Morgan fingerprint density at radius 2 is 2.11 bits per heavy atom. The molecule has 1 aromatic carbocycles. The number of rotatable bonds is 8. The number of nitrogens with one attached hydrogen (secondary N) is 2. The van der Waals surface area contributed by atoms with Crippen LogP contribution in [-0.4, -0.2) is 36.3 Å². The number of methoxy groups -OCH3 is 1. The van der Waals surface area contributed by atoms with Crippen molar-refractivity contribution in [1.82, 2.24) is 20.8 Å². The highest BCUT2D eigenvalue weighted by molar-refractivity contribution is 5.80. The van der Waals surface area contributed by atoms with Crippen molar-refractivity contribution in [3.8, 4) is 5.75 Å². The molecule has 0 aliphatic heterocycles. The van der Waals surface area contributed by atoms with E-state index in [1.165, 1.54) is 13.2 Å². The van der Waals surface area contributed by atoms with Gasteiger partial charge in [-0.1, -0.05) is 25.1 Å². The van der Waals surface area contributed by atoms with Gasteiger partial charge in [-0.3, -0.25) is 4.99 Å². The molecule has 1 aromatic heterocycles. The maximum atomic E-state index is 13.9. The summed E-state index contributed by atoms with van der Waals surface area (Å²) in [6, 6.07) is 4.79. The molecule has 27 heavy (non-hydrogen) atoms. The number of aliphatic imine (C=N–C) groups is 1. The van der Waals surface area contributed by atoms with Gasteiger partial charge in [0.2, 0.25) is 5.89 Å². The lowest BCUT2D eigenvalue weighted by atomic mass is 10.1. The topological polar surface area (TPSA) is 84.6 Å². The molecule has 1 unspecified atom stereocenters. The van der Waals surface area contributed by atoms with Crippen molar-refractivity contribution in [3.63, 3.8) is 0 Å². The van der Waals surface area contributed by atoms with E-state index >= 15 is 0 Å². The van der Waals surface area contributed by atoms with E-state index in [1.54, 1.807) is 6.07 Å². The minimum Gasteiger partial charge on any atom is -0.494 e. The average molecular weight is 377 g/mol. The number of hydrogen-bond donors (Lipinski definition) is 2. The summed E-state index contributed by atoms with van der Waals surface area (Å²) in [5.74, 6) is 1.99. The lowest BCUT2D eigenvalue weighted by Crippen LogP contribution is -2.38. The molecule has 0 aliphatic carbocycles. The summed E-state index contributed by atoms with van der Waals surface area (Å²) in [5.41, 5.74) is 0.803. The molecule has 0 radical (unpaired) electrons. The first kappa shape index (κ1) is 20.7. The quantitative estimate of drug-likeness (QED) is 0.543. The number of benzene rings is 1. The van der Waals surface area contributed by atoms with Gasteiger partial charge >= 0.3 is 0 Å². The van der Waals surface area contributed by atoms with Crippen molar-refractivity contribution in [2.24, 2.45) is 4.99 Å². The summed E-state index contributed by atoms with van der Waals surface area (Å²) < 4.78 is 24.1. The van der Waals surface area contributed by atoms with Crippen molar-refractivity contribution >= 4 is 5.96 Å². The van der Waals surface area contributed by atoms with Gasteiger partial charge in [-0.25, -0.2) is 4.39 Å². The van der Waals surface area contributed by atoms with E-state index in [1.807, 2.05) is 33.8 Å². The van der Waals surface area contributed by atoms with Gasteiger partial charge in [-0.2, -0.15) is 4.98 Å². The van der Waals surface area contributed by atoms with Gasteiger partial charge in [0.15, 0.2) is 23.4 Å². The average Bonchev–Trinajstić information content (AvgIpc) is 3.11. The van der Waals surface area contributed by atoms with E-state index in [-0.39, 0.29) is 23.5 Å². The van der Waals surface area contributed by atoms with Crippen LogP contribution in [0.5, 0.6) is 5.75 Å². The fourth-order valence-electron chi connectivity index (χ4n) is 2.43. The zero-order chi connectivity index (χ0) is 19.8. The molecule has 0 aliphatic rings. The minimum atomic E-state index is -0.386. The molecular weight excluding hydrogens is 349 g/mol. The summed E-state index contributed by atoms with van der Waals surface area (Å²) in [7, 11) is 1.45. The maximum Gasteiger partial charge on any atom is 0.228 e. The molecule has 0 amide bonds. The van der Waals surface area contributed by atoms with Crippen molar-refractivity contribution in [2.45, 2.75) is 46.1 Å². The number of nitrogens with zero attached hydrogens (tertiary/aromatic N) is 3. The molecule has 2 aromatic rings. The first-order valence-electron chi connectivity index (χ1n) is 9.15. The van der Waals surface area contributed by atoms with Crippen molar-refractivity contribution in [3.05, 3.63) is 41.3 Å². The molecule has 0 saturated carbocycles. The molecule has 1 heterocycles. The van der Waals surface area contributed by atoms with Crippen LogP contribution >= 0.6 is 0 Å². The summed E-state index contributed by atoms with van der Waals surface area (Å²) >= 11 is 0. The third-order valence-corrected chi connectivity index (χ3v) is 3.97. The van der Waals surface area contributed by atoms with Gasteiger partial charge in [-0.15, -0.1) is 0 Å². The summed E-state index contributed by atoms with van der Waals surface area (Å²) in [6.07, 6.45) is 0.557. The lowest BCUT2D eigenvalue weighted by Gasteiger charge is -2.18. The maximum absolute atomic E-state index is 13.9. The second-order valence-electron chi connectivity index (χ2n) is 6.47. The van der Waals surface area contributed by atoms with Gasteiger partial charge < -0.3 is 19.9 Å². The standard InChI is InChI=1S/C19H28FN5O2/c1-6-21-19(22-10-9-17-24-18(12(2)3)25-27-17)23-13(4)14-7-8-16(26-5)15(20)11-14/h7-8,11-13H,6,9-10H2,1-5H3,(H2,21,22,23). The minimum absolute atomic E-state index is 0.126. The lowest BCUT2D eigenvalue weighted by molar-refractivity contribution is 0.372. The second-order valence-corrected chi connectivity index (χ2v) is 6.47. The molecule has 7 nitrogen and oxygen atoms in total. The summed E-state index contributed by atoms with van der Waals surface area (Å²) in [4.78, 5) is 8.88.